The lowest BCUT2D eigenvalue weighted by molar-refractivity contribution is 0.401. The molecule has 0 amide bonds. The Bertz CT molecular complexity index is 62.8. The molecule has 1 aliphatic rings. The van der Waals surface area contributed by atoms with Gasteiger partial charge in [-0.1, -0.05) is 13.8 Å². The standard InChI is InChI=1S/C7H13O/c1-6(2)3-4-7-5-8-7/h3,6-7H,4-5H2,1-2H3. The summed E-state index contributed by atoms with van der Waals surface area (Å²) in [7, 11) is 0. The minimum absolute atomic E-state index is 0.581. The van der Waals surface area contributed by atoms with Gasteiger partial charge in [-0.2, -0.15) is 0 Å². The summed E-state index contributed by atoms with van der Waals surface area (Å²) in [5.41, 5.74) is 0. The number of hydrogen-bond acceptors (Lipinski definition) is 1. The quantitative estimate of drug-likeness (QED) is 0.507. The van der Waals surface area contributed by atoms with Gasteiger partial charge in [0.25, 0.3) is 0 Å². The maximum absolute atomic E-state index is 5.03. The summed E-state index contributed by atoms with van der Waals surface area (Å²) in [4.78, 5) is 0. The van der Waals surface area contributed by atoms with E-state index in [4.69, 9.17) is 4.74 Å². The molecule has 1 radical (unpaired) electrons. The zero-order valence-electron chi connectivity index (χ0n) is 5.55. The normalized spacial score (nSPS) is 26.6. The van der Waals surface area contributed by atoms with E-state index in [9.17, 15) is 0 Å². The van der Waals surface area contributed by atoms with E-state index in [1.54, 1.807) is 0 Å². The molecule has 0 bridgehead atoms. The van der Waals surface area contributed by atoms with Gasteiger partial charge in [-0.15, -0.1) is 0 Å². The average Bonchev–Trinajstić information content (AvgIpc) is 2.41. The largest absolute Gasteiger partial charge is 0.373 e. The molecule has 1 heterocycles. The van der Waals surface area contributed by atoms with Crippen molar-refractivity contribution in [2.75, 3.05) is 6.61 Å². The van der Waals surface area contributed by atoms with Crippen molar-refractivity contribution < 1.29 is 4.74 Å². The van der Waals surface area contributed by atoms with E-state index in [1.165, 1.54) is 0 Å². The first-order valence-corrected chi connectivity index (χ1v) is 3.24. The first kappa shape index (κ1) is 6.09. The maximum atomic E-state index is 5.03. The van der Waals surface area contributed by atoms with E-state index in [0.29, 0.717) is 6.10 Å². The number of ether oxygens (including phenoxy) is 1. The minimum atomic E-state index is 0.581. The Hall–Kier alpha value is -0.0400. The summed E-state index contributed by atoms with van der Waals surface area (Å²) < 4.78 is 5.03. The lowest BCUT2D eigenvalue weighted by atomic mass is 10.1. The summed E-state index contributed by atoms with van der Waals surface area (Å²) >= 11 is 0. The van der Waals surface area contributed by atoms with Crippen LogP contribution < -0.4 is 0 Å². The molecule has 1 fully saturated rings. The molecule has 1 atom stereocenters. The zero-order chi connectivity index (χ0) is 5.98. The average molecular weight is 113 g/mol. The van der Waals surface area contributed by atoms with Gasteiger partial charge in [0.1, 0.15) is 0 Å². The van der Waals surface area contributed by atoms with Crippen molar-refractivity contribution in [1.82, 2.24) is 0 Å². The highest BCUT2D eigenvalue weighted by molar-refractivity contribution is 4.79. The Morgan fingerprint density at radius 1 is 1.75 bits per heavy atom. The molecular formula is C7H13O. The Balaban J connectivity index is 1.87. The van der Waals surface area contributed by atoms with Crippen LogP contribution in [0.25, 0.3) is 0 Å². The van der Waals surface area contributed by atoms with Crippen molar-refractivity contribution in [3.63, 3.8) is 0 Å². The Morgan fingerprint density at radius 3 is 2.75 bits per heavy atom. The molecule has 0 aromatic rings. The highest BCUT2D eigenvalue weighted by atomic mass is 16.6. The molecule has 1 nitrogen and oxygen atoms in total. The van der Waals surface area contributed by atoms with Crippen molar-refractivity contribution in [3.05, 3.63) is 6.42 Å². The molecular weight excluding hydrogens is 100 g/mol. The van der Waals surface area contributed by atoms with Crippen LogP contribution in [0.5, 0.6) is 0 Å². The second-order valence-corrected chi connectivity index (χ2v) is 2.67. The van der Waals surface area contributed by atoms with Crippen molar-refractivity contribution in [1.29, 1.82) is 0 Å². The molecule has 47 valence electrons. The van der Waals surface area contributed by atoms with Gasteiger partial charge < -0.3 is 4.74 Å². The minimum Gasteiger partial charge on any atom is -0.373 e. The summed E-state index contributed by atoms with van der Waals surface area (Å²) in [5, 5.41) is 0. The van der Waals surface area contributed by atoms with Gasteiger partial charge in [0.15, 0.2) is 0 Å². The summed E-state index contributed by atoms with van der Waals surface area (Å²) in [6.45, 7) is 5.38. The number of rotatable bonds is 3. The van der Waals surface area contributed by atoms with E-state index in [2.05, 4.69) is 20.3 Å². The van der Waals surface area contributed by atoms with Crippen LogP contribution in [0.1, 0.15) is 20.3 Å². The molecule has 1 aliphatic heterocycles. The summed E-state index contributed by atoms with van der Waals surface area (Å²) in [5.74, 6) is 0.721. The third-order valence-electron chi connectivity index (χ3n) is 1.27. The van der Waals surface area contributed by atoms with Crippen molar-refractivity contribution in [2.24, 2.45) is 5.92 Å². The van der Waals surface area contributed by atoms with E-state index in [-0.39, 0.29) is 0 Å². The molecule has 1 rings (SSSR count). The van der Waals surface area contributed by atoms with E-state index < -0.39 is 0 Å². The fourth-order valence-electron chi connectivity index (χ4n) is 0.628. The van der Waals surface area contributed by atoms with Gasteiger partial charge in [-0.25, -0.2) is 0 Å². The second kappa shape index (κ2) is 2.49. The van der Waals surface area contributed by atoms with Crippen LogP contribution in [0.4, 0.5) is 0 Å². The molecule has 0 aromatic heterocycles. The molecule has 0 N–H and O–H groups in total. The third kappa shape index (κ3) is 2.31. The third-order valence-corrected chi connectivity index (χ3v) is 1.27. The SMILES string of the molecule is CC(C)[CH]CC1CO1. The van der Waals surface area contributed by atoms with E-state index in [1.807, 2.05) is 0 Å². The van der Waals surface area contributed by atoms with Gasteiger partial charge in [-0.05, 0) is 18.8 Å². The smallest absolute Gasteiger partial charge is 0.0812 e. The number of epoxide rings is 1. The predicted molar refractivity (Wildman–Crippen MR) is 33.5 cm³/mol. The highest BCUT2D eigenvalue weighted by Crippen LogP contribution is 2.17. The fourth-order valence-corrected chi connectivity index (χ4v) is 0.628. The first-order valence-electron chi connectivity index (χ1n) is 3.24. The maximum Gasteiger partial charge on any atom is 0.0812 e. The molecule has 1 heteroatoms. The van der Waals surface area contributed by atoms with Crippen LogP contribution in [0.15, 0.2) is 0 Å². The molecule has 1 saturated heterocycles. The molecule has 0 aliphatic carbocycles. The van der Waals surface area contributed by atoms with E-state index >= 15 is 0 Å². The topological polar surface area (TPSA) is 12.5 Å². The van der Waals surface area contributed by atoms with Crippen LogP contribution in [0.2, 0.25) is 0 Å². The molecule has 0 spiro atoms. The molecule has 1 unspecified atom stereocenters. The summed E-state index contributed by atoms with van der Waals surface area (Å²) in [6.07, 6.45) is 4.03. The highest BCUT2D eigenvalue weighted by Gasteiger charge is 2.21. The van der Waals surface area contributed by atoms with Crippen molar-refractivity contribution >= 4 is 0 Å². The number of hydrogen-bond donors (Lipinski definition) is 0. The second-order valence-electron chi connectivity index (χ2n) is 2.67. The lowest BCUT2D eigenvalue weighted by Crippen LogP contribution is -1.92. The van der Waals surface area contributed by atoms with Crippen LogP contribution in [0, 0.1) is 12.3 Å². The predicted octanol–water partition coefficient (Wildman–Crippen LogP) is 1.64. The molecule has 0 aromatic carbocycles. The Labute approximate surface area is 51.0 Å². The Morgan fingerprint density at radius 2 is 2.38 bits per heavy atom. The lowest BCUT2D eigenvalue weighted by Gasteiger charge is -1.98. The summed E-state index contributed by atoms with van der Waals surface area (Å²) in [6, 6.07) is 0. The monoisotopic (exact) mass is 113 g/mol. The van der Waals surface area contributed by atoms with Crippen molar-refractivity contribution in [2.45, 2.75) is 26.4 Å². The first-order chi connectivity index (χ1) is 3.79. The van der Waals surface area contributed by atoms with Gasteiger partial charge in [0.2, 0.25) is 0 Å². The van der Waals surface area contributed by atoms with Gasteiger partial charge in [0, 0.05) is 0 Å². The zero-order valence-corrected chi connectivity index (χ0v) is 5.55. The van der Waals surface area contributed by atoms with Gasteiger partial charge in [0.05, 0.1) is 12.7 Å². The van der Waals surface area contributed by atoms with Crippen LogP contribution in [0.3, 0.4) is 0 Å². The van der Waals surface area contributed by atoms with Gasteiger partial charge >= 0.3 is 0 Å². The van der Waals surface area contributed by atoms with Crippen molar-refractivity contribution in [3.8, 4) is 0 Å². The van der Waals surface area contributed by atoms with Crippen LogP contribution in [-0.2, 0) is 4.74 Å². The van der Waals surface area contributed by atoms with Crippen LogP contribution >= 0.6 is 0 Å². The van der Waals surface area contributed by atoms with Gasteiger partial charge in [-0.3, -0.25) is 0 Å². The molecule has 8 heavy (non-hydrogen) atoms. The fraction of sp³-hybridized carbons (Fsp3) is 0.857. The molecule has 0 saturated carbocycles. The van der Waals surface area contributed by atoms with Crippen LogP contribution in [-0.4, -0.2) is 12.7 Å². The Kier molecular flexibility index (Phi) is 1.90. The van der Waals surface area contributed by atoms with E-state index in [0.717, 1.165) is 18.9 Å².